The molecule has 5 fully saturated rings. The third kappa shape index (κ3) is 4.53. The van der Waals surface area contributed by atoms with Crippen LogP contribution in [-0.4, -0.2) is 37.7 Å². The quantitative estimate of drug-likeness (QED) is 0.398. The average molecular weight is 518 g/mol. The number of ether oxygens (including phenoxy) is 1. The largest absolute Gasteiger partial charge is 0.465 e. The number of nitrogens with zero attached hydrogens (tertiary/aromatic N) is 2. The van der Waals surface area contributed by atoms with Gasteiger partial charge in [-0.25, -0.2) is 4.99 Å². The summed E-state index contributed by atoms with van der Waals surface area (Å²) in [6.45, 7) is 2.17. The summed E-state index contributed by atoms with van der Waals surface area (Å²) in [6.07, 6.45) is 11.8. The van der Waals surface area contributed by atoms with Gasteiger partial charge in [0.1, 0.15) is 0 Å². The highest BCUT2D eigenvalue weighted by Gasteiger charge is 2.48. The number of halogens is 2. The Hall–Kier alpha value is -1.92. The van der Waals surface area contributed by atoms with Crippen molar-refractivity contribution in [2.45, 2.75) is 76.2 Å². The van der Waals surface area contributed by atoms with Crippen LogP contribution in [0.4, 0.5) is 5.69 Å². The number of hydrogen-bond donors (Lipinski definition) is 2. The van der Waals surface area contributed by atoms with Gasteiger partial charge in [0.05, 0.1) is 18.6 Å². The molecule has 0 radical (unpaired) electrons. The maximum Gasteiger partial charge on any atom is 0.282 e. The van der Waals surface area contributed by atoms with Crippen molar-refractivity contribution in [2.24, 2.45) is 22.1 Å². The van der Waals surface area contributed by atoms with E-state index in [4.69, 9.17) is 33.7 Å². The van der Waals surface area contributed by atoms with Crippen LogP contribution in [0, 0.1) is 11.3 Å². The predicted molar refractivity (Wildman–Crippen MR) is 140 cm³/mol. The molecule has 6 nitrogen and oxygen atoms in total. The number of nitrogens with two attached hydrogens (primary N) is 1. The first-order valence-corrected chi connectivity index (χ1v) is 13.9. The Kier molecular flexibility index (Phi) is 6.16. The molecule has 1 atom stereocenters. The molecular formula is C27H34Cl2N4O2. The summed E-state index contributed by atoms with van der Waals surface area (Å²) in [5.74, 6) is 0.326. The van der Waals surface area contributed by atoms with Crippen LogP contribution in [-0.2, 0) is 9.53 Å². The van der Waals surface area contributed by atoms with Crippen LogP contribution in [0.2, 0.25) is 10.0 Å². The summed E-state index contributed by atoms with van der Waals surface area (Å²) in [6, 6.07) is 4.24. The van der Waals surface area contributed by atoms with Crippen LogP contribution in [0.5, 0.6) is 0 Å². The number of amidine groups is 1. The van der Waals surface area contributed by atoms with Crippen LogP contribution in [0.3, 0.4) is 0 Å². The fourth-order valence-electron chi connectivity index (χ4n) is 6.54. The topological polar surface area (TPSA) is 80.0 Å². The van der Waals surface area contributed by atoms with Crippen molar-refractivity contribution in [3.05, 3.63) is 39.0 Å². The van der Waals surface area contributed by atoms with Gasteiger partial charge in [-0.15, -0.1) is 0 Å². The number of aliphatic imine (C=N–C) groups is 1. The molecule has 0 bridgehead atoms. The molecule has 1 amide bonds. The SMILES string of the molecule is NC(=NC1CN(c2cc(Cl)c(C3CCC(=C4CCC4)NC3=O)c(Cl)c2)C1)OCC1CC2(CCC2)C1. The fraction of sp³-hybridized carbons (Fsp3) is 0.630. The lowest BCUT2D eigenvalue weighted by molar-refractivity contribution is -0.122. The molecule has 2 saturated heterocycles. The summed E-state index contributed by atoms with van der Waals surface area (Å²) in [4.78, 5) is 19.6. The number of allylic oxidation sites excluding steroid dienone is 2. The summed E-state index contributed by atoms with van der Waals surface area (Å²) < 4.78 is 5.75. The van der Waals surface area contributed by atoms with E-state index in [1.807, 2.05) is 12.1 Å². The number of anilines is 1. The number of carbonyl (C=O) groups excluding carboxylic acids is 1. The molecule has 2 heterocycles. The van der Waals surface area contributed by atoms with Gasteiger partial charge in [-0.05, 0) is 81.3 Å². The molecule has 1 aromatic rings. The summed E-state index contributed by atoms with van der Waals surface area (Å²) >= 11 is 13.3. The van der Waals surface area contributed by atoms with E-state index >= 15 is 0 Å². The van der Waals surface area contributed by atoms with E-state index in [0.29, 0.717) is 34.0 Å². The number of nitrogens with one attached hydrogen (secondary N) is 1. The van der Waals surface area contributed by atoms with Crippen molar-refractivity contribution in [1.82, 2.24) is 5.32 Å². The molecule has 6 rings (SSSR count). The maximum absolute atomic E-state index is 12.8. The monoisotopic (exact) mass is 516 g/mol. The van der Waals surface area contributed by atoms with E-state index in [-0.39, 0.29) is 17.9 Å². The molecule has 1 aromatic carbocycles. The van der Waals surface area contributed by atoms with Crippen molar-refractivity contribution in [3.8, 4) is 0 Å². The third-order valence-electron chi connectivity index (χ3n) is 8.93. The lowest BCUT2D eigenvalue weighted by Crippen LogP contribution is -2.51. The van der Waals surface area contributed by atoms with E-state index in [2.05, 4.69) is 15.2 Å². The molecule has 1 unspecified atom stereocenters. The highest BCUT2D eigenvalue weighted by Crippen LogP contribution is 2.58. The van der Waals surface area contributed by atoms with Crippen molar-refractivity contribution in [3.63, 3.8) is 0 Å². The van der Waals surface area contributed by atoms with Gasteiger partial charge >= 0.3 is 0 Å². The summed E-state index contributed by atoms with van der Waals surface area (Å²) in [5.41, 5.74) is 10.9. The normalized spacial score (nSPS) is 26.6. The number of hydrogen-bond acceptors (Lipinski definition) is 4. The summed E-state index contributed by atoms with van der Waals surface area (Å²) in [5, 5.41) is 4.21. The molecule has 5 aliphatic rings. The van der Waals surface area contributed by atoms with Crippen LogP contribution in [0.15, 0.2) is 28.4 Å². The van der Waals surface area contributed by atoms with Crippen molar-refractivity contribution >= 4 is 40.8 Å². The van der Waals surface area contributed by atoms with Crippen LogP contribution in [0.1, 0.15) is 75.7 Å². The Morgan fingerprint density at radius 1 is 1.14 bits per heavy atom. The van der Waals surface area contributed by atoms with Crippen LogP contribution >= 0.6 is 23.2 Å². The van der Waals surface area contributed by atoms with Crippen molar-refractivity contribution in [1.29, 1.82) is 0 Å². The Balaban J connectivity index is 1.02. The standard InChI is InChI=1S/C27H34Cl2N4O2/c28-21-9-19(10-22(29)24(21)20-5-6-23(32-25(20)34)17-3-1-4-17)33-13-18(14-33)31-26(30)35-15-16-11-27(12-16)7-2-8-27/h9-10,16,18,20H,1-8,11-15H2,(H2,30,31)(H,32,34). The zero-order chi connectivity index (χ0) is 24.2. The Bertz CT molecular complexity index is 1050. The van der Waals surface area contributed by atoms with Gasteiger partial charge in [0.2, 0.25) is 5.91 Å². The van der Waals surface area contributed by atoms with Gasteiger partial charge in [0.25, 0.3) is 6.02 Å². The van der Waals surface area contributed by atoms with E-state index in [9.17, 15) is 4.79 Å². The van der Waals surface area contributed by atoms with Crippen molar-refractivity contribution in [2.75, 3.05) is 24.6 Å². The number of carbonyl (C=O) groups is 1. The zero-order valence-corrected chi connectivity index (χ0v) is 21.6. The maximum atomic E-state index is 12.8. The average Bonchev–Trinajstić information content (AvgIpc) is 2.67. The molecule has 8 heteroatoms. The molecule has 3 saturated carbocycles. The molecular weight excluding hydrogens is 483 g/mol. The molecule has 3 N–H and O–H groups in total. The van der Waals surface area contributed by atoms with Crippen LogP contribution in [0.25, 0.3) is 0 Å². The van der Waals surface area contributed by atoms with Gasteiger partial charge < -0.3 is 20.7 Å². The van der Waals surface area contributed by atoms with E-state index in [0.717, 1.165) is 55.7 Å². The lowest BCUT2D eigenvalue weighted by Gasteiger charge is -2.54. The van der Waals surface area contributed by atoms with Gasteiger partial charge in [-0.3, -0.25) is 4.79 Å². The minimum absolute atomic E-state index is 0.000725. The van der Waals surface area contributed by atoms with E-state index in [1.54, 1.807) is 0 Å². The fourth-order valence-corrected chi connectivity index (χ4v) is 7.28. The van der Waals surface area contributed by atoms with Crippen molar-refractivity contribution < 1.29 is 9.53 Å². The molecule has 35 heavy (non-hydrogen) atoms. The van der Waals surface area contributed by atoms with Gasteiger partial charge in [0.15, 0.2) is 0 Å². The minimum Gasteiger partial charge on any atom is -0.465 e. The summed E-state index contributed by atoms with van der Waals surface area (Å²) in [7, 11) is 0. The number of amides is 1. The molecule has 188 valence electrons. The van der Waals surface area contributed by atoms with Crippen LogP contribution < -0.4 is 16.0 Å². The predicted octanol–water partition coefficient (Wildman–Crippen LogP) is 5.53. The highest BCUT2D eigenvalue weighted by atomic mass is 35.5. The van der Waals surface area contributed by atoms with Gasteiger partial charge in [0, 0.05) is 40.1 Å². The second-order valence-corrected chi connectivity index (χ2v) is 12.1. The zero-order valence-electron chi connectivity index (χ0n) is 20.1. The Morgan fingerprint density at radius 3 is 2.43 bits per heavy atom. The smallest absolute Gasteiger partial charge is 0.282 e. The molecule has 1 spiro atoms. The Morgan fingerprint density at radius 2 is 1.86 bits per heavy atom. The van der Waals surface area contributed by atoms with Gasteiger partial charge in [-0.2, -0.15) is 0 Å². The van der Waals surface area contributed by atoms with E-state index in [1.165, 1.54) is 44.1 Å². The second-order valence-electron chi connectivity index (χ2n) is 11.3. The number of benzene rings is 1. The first-order chi connectivity index (χ1) is 16.9. The molecule has 2 aliphatic heterocycles. The molecule has 0 aromatic heterocycles. The second kappa shape index (κ2) is 9.19. The van der Waals surface area contributed by atoms with E-state index < -0.39 is 0 Å². The highest BCUT2D eigenvalue weighted by molar-refractivity contribution is 6.37. The first kappa shape index (κ1) is 23.5. The number of piperidine rings is 1. The molecule has 3 aliphatic carbocycles. The lowest BCUT2D eigenvalue weighted by atomic mass is 9.52. The van der Waals surface area contributed by atoms with Gasteiger partial charge in [-0.1, -0.05) is 35.2 Å². The minimum atomic E-state index is -0.311. The first-order valence-electron chi connectivity index (χ1n) is 13.1. The third-order valence-corrected chi connectivity index (χ3v) is 9.56. The Labute approximate surface area is 217 Å². The number of rotatable bonds is 5.